The van der Waals surface area contributed by atoms with Crippen LogP contribution in [0.5, 0.6) is 0 Å². The molecule has 0 spiro atoms. The van der Waals surface area contributed by atoms with Gasteiger partial charge < -0.3 is 20.9 Å². The summed E-state index contributed by atoms with van der Waals surface area (Å²) in [6.07, 6.45) is 2.96. The summed E-state index contributed by atoms with van der Waals surface area (Å²) in [5.41, 5.74) is 5.69. The number of aliphatic hydroxyl groups excluding tert-OH is 1. The summed E-state index contributed by atoms with van der Waals surface area (Å²) >= 11 is 0. The molecule has 1 heterocycles. The Hall–Kier alpha value is -1.89. The minimum atomic E-state index is -0.0812. The fourth-order valence-corrected chi connectivity index (χ4v) is 1.40. The van der Waals surface area contributed by atoms with E-state index in [0.717, 1.165) is 0 Å². The van der Waals surface area contributed by atoms with Crippen LogP contribution in [0.15, 0.2) is 17.5 Å². The van der Waals surface area contributed by atoms with E-state index in [0.29, 0.717) is 18.1 Å². The normalized spacial score (nSPS) is 11.9. The zero-order valence-electron chi connectivity index (χ0n) is 9.91. The van der Waals surface area contributed by atoms with Crippen molar-refractivity contribution in [2.24, 2.45) is 10.9 Å². The Morgan fingerprint density at radius 2 is 2.18 bits per heavy atom. The highest BCUT2D eigenvalue weighted by Crippen LogP contribution is 2.12. The van der Waals surface area contributed by atoms with E-state index in [1.807, 2.05) is 18.7 Å². The Morgan fingerprint density at radius 1 is 1.47 bits per heavy atom. The van der Waals surface area contributed by atoms with E-state index in [2.05, 4.69) is 15.1 Å². The first-order valence-electron chi connectivity index (χ1n) is 5.27. The molecular formula is C10H17N5O2. The molecule has 0 saturated heterocycles. The lowest BCUT2D eigenvalue weighted by Gasteiger charge is -2.26. The predicted octanol–water partition coefficient (Wildman–Crippen LogP) is -0.222. The van der Waals surface area contributed by atoms with E-state index in [1.165, 1.54) is 12.4 Å². The van der Waals surface area contributed by atoms with Crippen molar-refractivity contribution in [2.75, 3.05) is 18.1 Å². The number of aliphatic hydroxyl groups is 1. The summed E-state index contributed by atoms with van der Waals surface area (Å²) < 4.78 is 0. The Morgan fingerprint density at radius 3 is 2.59 bits per heavy atom. The summed E-state index contributed by atoms with van der Waals surface area (Å²) in [5, 5.41) is 20.3. The zero-order chi connectivity index (χ0) is 12.8. The van der Waals surface area contributed by atoms with Crippen LogP contribution in [0.1, 0.15) is 19.5 Å². The number of anilines is 1. The van der Waals surface area contributed by atoms with Crippen LogP contribution in [-0.2, 0) is 0 Å². The predicted molar refractivity (Wildman–Crippen MR) is 64.1 cm³/mol. The third kappa shape index (κ3) is 3.28. The average molecular weight is 239 g/mol. The third-order valence-electron chi connectivity index (χ3n) is 2.27. The second-order valence-corrected chi connectivity index (χ2v) is 3.76. The van der Waals surface area contributed by atoms with Crippen LogP contribution < -0.4 is 10.6 Å². The van der Waals surface area contributed by atoms with Gasteiger partial charge in [-0.15, -0.1) is 0 Å². The maximum Gasteiger partial charge on any atom is 0.190 e. The molecule has 0 aliphatic rings. The van der Waals surface area contributed by atoms with Crippen LogP contribution in [0.4, 0.5) is 5.82 Å². The highest BCUT2D eigenvalue weighted by atomic mass is 16.4. The lowest BCUT2D eigenvalue weighted by atomic mass is 10.3. The SMILES string of the molecule is CC(C)N(CCO)c1cnc(C(N)=NO)cn1. The molecule has 0 saturated carbocycles. The fraction of sp³-hybridized carbons (Fsp3) is 0.500. The van der Waals surface area contributed by atoms with Crippen LogP contribution >= 0.6 is 0 Å². The van der Waals surface area contributed by atoms with Crippen molar-refractivity contribution in [2.45, 2.75) is 19.9 Å². The van der Waals surface area contributed by atoms with Gasteiger partial charge in [-0.3, -0.25) is 0 Å². The van der Waals surface area contributed by atoms with Crippen LogP contribution in [0.2, 0.25) is 0 Å². The first-order chi connectivity index (χ1) is 8.10. The quantitative estimate of drug-likeness (QED) is 0.284. The molecule has 7 nitrogen and oxygen atoms in total. The average Bonchev–Trinajstić information content (AvgIpc) is 2.35. The topological polar surface area (TPSA) is 108 Å². The lowest BCUT2D eigenvalue weighted by molar-refractivity contribution is 0.298. The van der Waals surface area contributed by atoms with E-state index < -0.39 is 0 Å². The number of nitrogens with two attached hydrogens (primary N) is 1. The van der Waals surface area contributed by atoms with Gasteiger partial charge in [-0.1, -0.05) is 5.16 Å². The second-order valence-electron chi connectivity index (χ2n) is 3.76. The van der Waals surface area contributed by atoms with Crippen LogP contribution in [0.3, 0.4) is 0 Å². The molecule has 0 fully saturated rings. The molecule has 0 unspecified atom stereocenters. The van der Waals surface area contributed by atoms with Gasteiger partial charge >= 0.3 is 0 Å². The van der Waals surface area contributed by atoms with Gasteiger partial charge in [0.2, 0.25) is 0 Å². The molecule has 0 bridgehead atoms. The van der Waals surface area contributed by atoms with Crippen molar-refractivity contribution in [3.05, 3.63) is 18.1 Å². The molecular weight excluding hydrogens is 222 g/mol. The van der Waals surface area contributed by atoms with Gasteiger partial charge in [-0.2, -0.15) is 0 Å². The Kier molecular flexibility index (Phi) is 4.65. The molecule has 0 aliphatic carbocycles. The molecule has 0 atom stereocenters. The van der Waals surface area contributed by atoms with E-state index in [-0.39, 0.29) is 18.5 Å². The van der Waals surface area contributed by atoms with Crippen molar-refractivity contribution in [3.8, 4) is 0 Å². The second kappa shape index (κ2) is 6.00. The van der Waals surface area contributed by atoms with Gasteiger partial charge in [0.1, 0.15) is 11.5 Å². The molecule has 0 aliphatic heterocycles. The van der Waals surface area contributed by atoms with Crippen molar-refractivity contribution < 1.29 is 10.3 Å². The number of aromatic nitrogens is 2. The van der Waals surface area contributed by atoms with Crippen LogP contribution in [0.25, 0.3) is 0 Å². The van der Waals surface area contributed by atoms with Crippen molar-refractivity contribution in [1.29, 1.82) is 0 Å². The molecule has 0 radical (unpaired) electrons. The number of amidine groups is 1. The van der Waals surface area contributed by atoms with Crippen molar-refractivity contribution in [3.63, 3.8) is 0 Å². The summed E-state index contributed by atoms with van der Waals surface area (Å²) in [4.78, 5) is 10.1. The minimum Gasteiger partial charge on any atom is -0.409 e. The first kappa shape index (κ1) is 13.2. The summed E-state index contributed by atoms with van der Waals surface area (Å²) in [7, 11) is 0. The monoisotopic (exact) mass is 239 g/mol. The molecule has 1 aromatic heterocycles. The molecule has 17 heavy (non-hydrogen) atoms. The van der Waals surface area contributed by atoms with E-state index in [1.54, 1.807) is 0 Å². The molecule has 0 aromatic carbocycles. The smallest absolute Gasteiger partial charge is 0.190 e. The first-order valence-corrected chi connectivity index (χ1v) is 5.27. The summed E-state index contributed by atoms with van der Waals surface area (Å²) in [5.74, 6) is 0.561. The number of nitrogens with zero attached hydrogens (tertiary/aromatic N) is 4. The molecule has 7 heteroatoms. The maximum absolute atomic E-state index is 8.97. The molecule has 0 amide bonds. The highest BCUT2D eigenvalue weighted by Gasteiger charge is 2.12. The number of hydrogen-bond acceptors (Lipinski definition) is 6. The molecule has 94 valence electrons. The Balaban J connectivity index is 2.92. The van der Waals surface area contributed by atoms with Gasteiger partial charge in [0.15, 0.2) is 5.84 Å². The maximum atomic E-state index is 8.97. The fourth-order valence-electron chi connectivity index (χ4n) is 1.40. The number of hydrogen-bond donors (Lipinski definition) is 3. The lowest BCUT2D eigenvalue weighted by Crippen LogP contribution is -2.34. The van der Waals surface area contributed by atoms with E-state index >= 15 is 0 Å². The summed E-state index contributed by atoms with van der Waals surface area (Å²) in [6, 6.07) is 0.200. The van der Waals surface area contributed by atoms with Crippen LogP contribution in [0, 0.1) is 0 Å². The van der Waals surface area contributed by atoms with Crippen molar-refractivity contribution in [1.82, 2.24) is 9.97 Å². The van der Waals surface area contributed by atoms with Gasteiger partial charge in [-0.05, 0) is 13.8 Å². The standard InChI is InChI=1S/C10H17N5O2/c1-7(2)15(3-4-16)9-6-12-8(5-13-9)10(11)14-17/h5-7,16-17H,3-4H2,1-2H3,(H2,11,14). The van der Waals surface area contributed by atoms with Gasteiger partial charge in [-0.25, -0.2) is 9.97 Å². The molecule has 1 aromatic rings. The van der Waals surface area contributed by atoms with Gasteiger partial charge in [0.25, 0.3) is 0 Å². The van der Waals surface area contributed by atoms with Crippen LogP contribution in [-0.4, -0.2) is 45.3 Å². The zero-order valence-corrected chi connectivity index (χ0v) is 9.91. The van der Waals surface area contributed by atoms with E-state index in [9.17, 15) is 0 Å². The Labute approximate surface area is 99.6 Å². The Bertz CT molecular complexity index is 377. The minimum absolute atomic E-state index is 0.0435. The third-order valence-corrected chi connectivity index (χ3v) is 2.27. The van der Waals surface area contributed by atoms with Crippen molar-refractivity contribution >= 4 is 11.7 Å². The largest absolute Gasteiger partial charge is 0.409 e. The van der Waals surface area contributed by atoms with Gasteiger partial charge in [0, 0.05) is 12.6 Å². The molecule has 1 rings (SSSR count). The molecule has 4 N–H and O–H groups in total. The summed E-state index contributed by atoms with van der Waals surface area (Å²) in [6.45, 7) is 4.51. The van der Waals surface area contributed by atoms with Gasteiger partial charge in [0.05, 0.1) is 19.0 Å². The van der Waals surface area contributed by atoms with E-state index in [4.69, 9.17) is 16.0 Å². The highest BCUT2D eigenvalue weighted by molar-refractivity contribution is 5.94. The number of rotatable bonds is 5. The number of oxime groups is 1.